The van der Waals surface area contributed by atoms with Gasteiger partial charge in [0.25, 0.3) is 5.91 Å². The number of benzene rings is 2. The Morgan fingerprint density at radius 2 is 1.64 bits per heavy atom. The third-order valence-corrected chi connectivity index (χ3v) is 5.68. The van der Waals surface area contributed by atoms with E-state index in [0.29, 0.717) is 37.7 Å². The molecule has 2 aromatic carbocycles. The molecule has 1 saturated heterocycles. The van der Waals surface area contributed by atoms with Gasteiger partial charge in [-0.25, -0.2) is 8.78 Å². The van der Waals surface area contributed by atoms with E-state index in [0.717, 1.165) is 5.56 Å². The summed E-state index contributed by atoms with van der Waals surface area (Å²) in [5, 5.41) is 0.696. The van der Waals surface area contributed by atoms with E-state index >= 15 is 0 Å². The quantitative estimate of drug-likeness (QED) is 0.365. The minimum Gasteiger partial charge on any atom is -0.479 e. The van der Waals surface area contributed by atoms with Crippen LogP contribution in [0.4, 0.5) is 17.6 Å². The fourth-order valence-corrected chi connectivity index (χ4v) is 3.72. The Morgan fingerprint density at radius 1 is 0.970 bits per heavy atom. The van der Waals surface area contributed by atoms with Crippen molar-refractivity contribution in [2.75, 3.05) is 26.2 Å². The largest absolute Gasteiger partial charge is 0.479 e. The summed E-state index contributed by atoms with van der Waals surface area (Å²) in [4.78, 5) is 16.6. The third-order valence-electron chi connectivity index (χ3n) is 5.31. The maximum atomic E-state index is 13.7. The zero-order chi connectivity index (χ0) is 23.5. The SMILES string of the molecule is O=C(c1ccc(COc2c(F)c(F)cc(F)c2F)o1)N1CCN(Cc2ccccc2Cl)CC1. The van der Waals surface area contributed by atoms with Crippen molar-refractivity contribution < 1.29 is 31.5 Å². The van der Waals surface area contributed by atoms with Crippen molar-refractivity contribution in [3.8, 4) is 5.75 Å². The zero-order valence-electron chi connectivity index (χ0n) is 17.3. The number of halogens is 5. The second kappa shape index (κ2) is 9.84. The first-order valence-corrected chi connectivity index (χ1v) is 10.5. The van der Waals surface area contributed by atoms with E-state index in [1.807, 2.05) is 24.3 Å². The number of hydrogen-bond acceptors (Lipinski definition) is 4. The van der Waals surface area contributed by atoms with Crippen LogP contribution in [0.15, 0.2) is 46.9 Å². The molecule has 5 nitrogen and oxygen atoms in total. The number of rotatable bonds is 6. The van der Waals surface area contributed by atoms with Crippen LogP contribution in [-0.4, -0.2) is 41.9 Å². The van der Waals surface area contributed by atoms with Gasteiger partial charge in [0, 0.05) is 43.8 Å². The van der Waals surface area contributed by atoms with Gasteiger partial charge in [-0.2, -0.15) is 8.78 Å². The first-order chi connectivity index (χ1) is 15.8. The molecule has 0 spiro atoms. The summed E-state index contributed by atoms with van der Waals surface area (Å²) in [6, 6.07) is 10.5. The highest BCUT2D eigenvalue weighted by molar-refractivity contribution is 6.31. The lowest BCUT2D eigenvalue weighted by Crippen LogP contribution is -2.48. The Hall–Kier alpha value is -3.04. The van der Waals surface area contributed by atoms with Crippen molar-refractivity contribution >= 4 is 17.5 Å². The van der Waals surface area contributed by atoms with Gasteiger partial charge in [0.1, 0.15) is 12.4 Å². The minimum atomic E-state index is -1.65. The first-order valence-electron chi connectivity index (χ1n) is 10.1. The molecule has 174 valence electrons. The minimum absolute atomic E-state index is 0.0273. The van der Waals surface area contributed by atoms with Crippen LogP contribution in [0.2, 0.25) is 5.02 Å². The molecule has 1 fully saturated rings. The standard InChI is InChI=1S/C23H19ClF4N2O3/c24-16-4-2-1-3-14(16)12-29-7-9-30(10-8-29)23(31)19-6-5-15(33-19)13-32-22-20(27)17(25)11-18(26)21(22)28/h1-6,11H,7-10,12-13H2. The molecule has 33 heavy (non-hydrogen) atoms. The summed E-state index contributed by atoms with van der Waals surface area (Å²) in [7, 11) is 0. The van der Waals surface area contributed by atoms with Crippen LogP contribution in [0.1, 0.15) is 21.9 Å². The molecule has 0 unspecified atom stereocenters. The Morgan fingerprint density at radius 3 is 2.30 bits per heavy atom. The van der Waals surface area contributed by atoms with Gasteiger partial charge >= 0.3 is 0 Å². The van der Waals surface area contributed by atoms with Crippen LogP contribution in [0, 0.1) is 23.3 Å². The second-order valence-electron chi connectivity index (χ2n) is 7.51. The molecule has 2 heterocycles. The van der Waals surface area contributed by atoms with E-state index in [1.165, 1.54) is 12.1 Å². The Bertz CT molecular complexity index is 1140. The van der Waals surface area contributed by atoms with Gasteiger partial charge in [-0.1, -0.05) is 29.8 Å². The molecule has 4 rings (SSSR count). The maximum absolute atomic E-state index is 13.7. The maximum Gasteiger partial charge on any atom is 0.289 e. The van der Waals surface area contributed by atoms with Crippen molar-refractivity contribution in [3.63, 3.8) is 0 Å². The highest BCUT2D eigenvalue weighted by atomic mass is 35.5. The first kappa shape index (κ1) is 23.1. The number of piperazine rings is 1. The van der Waals surface area contributed by atoms with Crippen molar-refractivity contribution in [1.29, 1.82) is 0 Å². The van der Waals surface area contributed by atoms with Gasteiger partial charge in [0.05, 0.1) is 0 Å². The molecule has 0 radical (unpaired) electrons. The number of amides is 1. The van der Waals surface area contributed by atoms with Crippen LogP contribution in [0.3, 0.4) is 0 Å². The number of nitrogens with zero attached hydrogens (tertiary/aromatic N) is 2. The summed E-state index contributed by atoms with van der Waals surface area (Å²) >= 11 is 6.21. The highest BCUT2D eigenvalue weighted by Gasteiger charge is 2.25. The molecule has 0 atom stereocenters. The van der Waals surface area contributed by atoms with Crippen molar-refractivity contribution in [1.82, 2.24) is 9.80 Å². The fourth-order valence-electron chi connectivity index (χ4n) is 3.52. The van der Waals surface area contributed by atoms with Crippen molar-refractivity contribution in [2.24, 2.45) is 0 Å². The van der Waals surface area contributed by atoms with E-state index in [1.54, 1.807) is 4.90 Å². The molecule has 1 aromatic heterocycles. The average molecular weight is 483 g/mol. The van der Waals surface area contributed by atoms with Crippen molar-refractivity contribution in [2.45, 2.75) is 13.2 Å². The third kappa shape index (κ3) is 5.15. The number of furan rings is 1. The second-order valence-corrected chi connectivity index (χ2v) is 7.92. The number of ether oxygens (including phenoxy) is 1. The Kier molecular flexibility index (Phi) is 6.90. The van der Waals surface area contributed by atoms with Gasteiger partial charge < -0.3 is 14.1 Å². The Balaban J connectivity index is 1.33. The van der Waals surface area contributed by atoms with Gasteiger partial charge in [-0.3, -0.25) is 9.69 Å². The normalized spacial score (nSPS) is 14.5. The van der Waals surface area contributed by atoms with Crippen LogP contribution >= 0.6 is 11.6 Å². The van der Waals surface area contributed by atoms with E-state index < -0.39 is 35.6 Å². The lowest BCUT2D eigenvalue weighted by molar-refractivity contribution is 0.0594. The molecule has 0 saturated carbocycles. The molecule has 0 aliphatic carbocycles. The topological polar surface area (TPSA) is 45.9 Å². The summed E-state index contributed by atoms with van der Waals surface area (Å²) < 4.78 is 64.3. The molecule has 0 bridgehead atoms. The summed E-state index contributed by atoms with van der Waals surface area (Å²) in [6.07, 6.45) is 0. The van der Waals surface area contributed by atoms with Crippen LogP contribution < -0.4 is 4.74 Å². The monoisotopic (exact) mass is 482 g/mol. The summed E-state index contributed by atoms with van der Waals surface area (Å²) in [6.45, 7) is 2.42. The Labute approximate surface area is 192 Å². The summed E-state index contributed by atoms with van der Waals surface area (Å²) in [5.41, 5.74) is 1.01. The number of carbonyl (C=O) groups is 1. The van der Waals surface area contributed by atoms with E-state index in [2.05, 4.69) is 4.90 Å². The number of hydrogen-bond donors (Lipinski definition) is 0. The lowest BCUT2D eigenvalue weighted by Gasteiger charge is -2.34. The molecule has 1 amide bonds. The summed E-state index contributed by atoms with van der Waals surface area (Å²) in [5.74, 6) is -7.88. The highest BCUT2D eigenvalue weighted by Crippen LogP contribution is 2.27. The molecule has 10 heteroatoms. The zero-order valence-corrected chi connectivity index (χ0v) is 18.0. The predicted octanol–water partition coefficient (Wildman–Crippen LogP) is 5.03. The average Bonchev–Trinajstić information content (AvgIpc) is 3.28. The lowest BCUT2D eigenvalue weighted by atomic mass is 10.2. The van der Waals surface area contributed by atoms with Crippen molar-refractivity contribution in [3.05, 3.63) is 87.8 Å². The van der Waals surface area contributed by atoms with Gasteiger partial charge in [0.15, 0.2) is 23.1 Å². The van der Waals surface area contributed by atoms with Gasteiger partial charge in [-0.05, 0) is 23.8 Å². The van der Waals surface area contributed by atoms with Gasteiger partial charge in [-0.15, -0.1) is 0 Å². The van der Waals surface area contributed by atoms with E-state index in [-0.39, 0.29) is 23.5 Å². The van der Waals surface area contributed by atoms with Crippen LogP contribution in [0.25, 0.3) is 0 Å². The molecule has 1 aliphatic rings. The van der Waals surface area contributed by atoms with Crippen LogP contribution in [0.5, 0.6) is 5.75 Å². The molecule has 0 N–H and O–H groups in total. The molecule has 3 aromatic rings. The molecular formula is C23H19ClF4N2O3. The molecular weight excluding hydrogens is 464 g/mol. The smallest absolute Gasteiger partial charge is 0.289 e. The van der Waals surface area contributed by atoms with Gasteiger partial charge in [0.2, 0.25) is 11.6 Å². The molecule has 1 aliphatic heterocycles. The van der Waals surface area contributed by atoms with Crippen LogP contribution in [-0.2, 0) is 13.2 Å². The number of carbonyl (C=O) groups excluding carboxylic acids is 1. The van der Waals surface area contributed by atoms with E-state index in [4.69, 9.17) is 20.8 Å². The fraction of sp³-hybridized carbons (Fsp3) is 0.261. The van der Waals surface area contributed by atoms with E-state index in [9.17, 15) is 22.4 Å². The predicted molar refractivity (Wildman–Crippen MR) is 112 cm³/mol.